The number of amides is 1. The Hall–Kier alpha value is -2.04. The quantitative estimate of drug-likeness (QED) is 0.710. The van der Waals surface area contributed by atoms with Crippen LogP contribution in [0.5, 0.6) is 5.75 Å². The van der Waals surface area contributed by atoms with Gasteiger partial charge in [-0.15, -0.1) is 0 Å². The molecule has 0 heterocycles. The molecule has 1 atom stereocenters. The Kier molecular flexibility index (Phi) is 4.51. The second-order valence-electron chi connectivity index (χ2n) is 3.71. The van der Waals surface area contributed by atoms with Crippen molar-refractivity contribution in [2.75, 3.05) is 0 Å². The maximum Gasteiger partial charge on any atom is 0.326 e. The van der Waals surface area contributed by atoms with Gasteiger partial charge in [-0.2, -0.15) is 0 Å². The zero-order chi connectivity index (χ0) is 12.8. The predicted molar refractivity (Wildman–Crippen MR) is 61.7 cm³/mol. The molecule has 0 aliphatic rings. The van der Waals surface area contributed by atoms with Crippen molar-refractivity contribution in [3.8, 4) is 5.75 Å². The van der Waals surface area contributed by atoms with Crippen molar-refractivity contribution in [1.29, 1.82) is 0 Å². The second-order valence-corrected chi connectivity index (χ2v) is 3.71. The Labute approximate surface area is 99.1 Å². The number of rotatable bonds is 5. The van der Waals surface area contributed by atoms with E-state index in [4.69, 9.17) is 5.11 Å². The largest absolute Gasteiger partial charge is 0.508 e. The van der Waals surface area contributed by atoms with Gasteiger partial charge in [0.15, 0.2) is 0 Å². The Morgan fingerprint density at radius 3 is 2.65 bits per heavy atom. The summed E-state index contributed by atoms with van der Waals surface area (Å²) in [5.41, 5.74) is 0.641. The summed E-state index contributed by atoms with van der Waals surface area (Å²) in [6, 6.07) is 5.45. The molecular formula is C12H15NO4. The highest BCUT2D eigenvalue weighted by Gasteiger charge is 2.17. The van der Waals surface area contributed by atoms with Gasteiger partial charge in [0.2, 0.25) is 5.91 Å². The predicted octanol–water partition coefficient (Wildman–Crippen LogP) is 0.914. The van der Waals surface area contributed by atoms with Crippen LogP contribution in [0.25, 0.3) is 0 Å². The normalized spacial score (nSPS) is 11.8. The van der Waals surface area contributed by atoms with Gasteiger partial charge >= 0.3 is 5.97 Å². The topological polar surface area (TPSA) is 86.6 Å². The van der Waals surface area contributed by atoms with E-state index in [2.05, 4.69) is 5.32 Å². The molecule has 1 rings (SSSR count). The van der Waals surface area contributed by atoms with E-state index in [0.29, 0.717) is 12.0 Å². The minimum Gasteiger partial charge on any atom is -0.508 e. The van der Waals surface area contributed by atoms with Crippen LogP contribution in [0.1, 0.15) is 18.9 Å². The Morgan fingerprint density at radius 1 is 1.41 bits per heavy atom. The van der Waals surface area contributed by atoms with Crippen LogP contribution in [-0.2, 0) is 16.0 Å². The molecular weight excluding hydrogens is 222 g/mol. The van der Waals surface area contributed by atoms with Gasteiger partial charge in [-0.25, -0.2) is 4.79 Å². The lowest BCUT2D eigenvalue weighted by Gasteiger charge is -2.12. The van der Waals surface area contributed by atoms with E-state index in [9.17, 15) is 14.7 Å². The third-order valence-corrected chi connectivity index (χ3v) is 2.32. The SMILES string of the molecule is CCC(NC(=O)Cc1cccc(O)c1)C(=O)O. The molecule has 5 nitrogen and oxygen atoms in total. The standard InChI is InChI=1S/C12H15NO4/c1-2-10(12(16)17)13-11(15)7-8-4-3-5-9(14)6-8/h3-6,10,14H,2,7H2,1H3,(H,13,15)(H,16,17). The first kappa shape index (κ1) is 13.0. The molecule has 0 radical (unpaired) electrons. The first-order valence-corrected chi connectivity index (χ1v) is 5.33. The van der Waals surface area contributed by atoms with Crippen molar-refractivity contribution in [2.24, 2.45) is 0 Å². The Bertz CT molecular complexity index is 417. The van der Waals surface area contributed by atoms with Crippen LogP contribution in [0.4, 0.5) is 0 Å². The van der Waals surface area contributed by atoms with Gasteiger partial charge < -0.3 is 15.5 Å². The number of phenolic OH excluding ortho intramolecular Hbond substituents is 1. The molecule has 1 aromatic rings. The average molecular weight is 237 g/mol. The van der Waals surface area contributed by atoms with Crippen LogP contribution in [0.3, 0.4) is 0 Å². The van der Waals surface area contributed by atoms with Crippen molar-refractivity contribution in [3.63, 3.8) is 0 Å². The average Bonchev–Trinajstić information content (AvgIpc) is 2.25. The molecule has 5 heteroatoms. The molecule has 0 aliphatic carbocycles. The molecule has 17 heavy (non-hydrogen) atoms. The molecule has 0 bridgehead atoms. The van der Waals surface area contributed by atoms with Crippen molar-refractivity contribution in [3.05, 3.63) is 29.8 Å². The summed E-state index contributed by atoms with van der Waals surface area (Å²) in [4.78, 5) is 22.3. The number of aromatic hydroxyl groups is 1. The summed E-state index contributed by atoms with van der Waals surface area (Å²) >= 11 is 0. The highest BCUT2D eigenvalue weighted by Crippen LogP contribution is 2.11. The summed E-state index contributed by atoms with van der Waals surface area (Å²) in [5.74, 6) is -1.33. The summed E-state index contributed by atoms with van der Waals surface area (Å²) in [6.45, 7) is 1.69. The monoisotopic (exact) mass is 237 g/mol. The van der Waals surface area contributed by atoms with Crippen LogP contribution >= 0.6 is 0 Å². The molecule has 1 amide bonds. The molecule has 3 N–H and O–H groups in total. The smallest absolute Gasteiger partial charge is 0.326 e. The van der Waals surface area contributed by atoms with Crippen LogP contribution in [0.15, 0.2) is 24.3 Å². The fraction of sp³-hybridized carbons (Fsp3) is 0.333. The van der Waals surface area contributed by atoms with Gasteiger partial charge in [-0.05, 0) is 24.1 Å². The van der Waals surface area contributed by atoms with E-state index in [0.717, 1.165) is 0 Å². The lowest BCUT2D eigenvalue weighted by atomic mass is 10.1. The Balaban J connectivity index is 2.58. The van der Waals surface area contributed by atoms with E-state index in [1.165, 1.54) is 12.1 Å². The molecule has 0 aromatic heterocycles. The molecule has 0 saturated carbocycles. The number of carboxylic acid groups (broad SMARTS) is 1. The molecule has 0 spiro atoms. The fourth-order valence-electron chi connectivity index (χ4n) is 1.44. The van der Waals surface area contributed by atoms with E-state index in [1.54, 1.807) is 19.1 Å². The minimum absolute atomic E-state index is 0.0537. The highest BCUT2D eigenvalue weighted by atomic mass is 16.4. The molecule has 1 aromatic carbocycles. The number of phenols is 1. The summed E-state index contributed by atoms with van der Waals surface area (Å²) in [7, 11) is 0. The molecule has 92 valence electrons. The number of aliphatic carboxylic acids is 1. The molecule has 0 fully saturated rings. The second kappa shape index (κ2) is 5.89. The number of nitrogens with one attached hydrogen (secondary N) is 1. The van der Waals surface area contributed by atoms with Crippen molar-refractivity contribution in [1.82, 2.24) is 5.32 Å². The lowest BCUT2D eigenvalue weighted by Crippen LogP contribution is -2.40. The first-order valence-electron chi connectivity index (χ1n) is 5.33. The third kappa shape index (κ3) is 4.14. The number of hydrogen-bond acceptors (Lipinski definition) is 3. The van der Waals surface area contributed by atoms with Crippen LogP contribution in [-0.4, -0.2) is 28.1 Å². The van der Waals surface area contributed by atoms with Gasteiger partial charge in [-0.1, -0.05) is 19.1 Å². The van der Waals surface area contributed by atoms with Crippen LogP contribution in [0, 0.1) is 0 Å². The van der Waals surface area contributed by atoms with Crippen LogP contribution in [0.2, 0.25) is 0 Å². The zero-order valence-electron chi connectivity index (χ0n) is 9.51. The van der Waals surface area contributed by atoms with Crippen molar-refractivity contribution >= 4 is 11.9 Å². The van der Waals surface area contributed by atoms with E-state index in [-0.39, 0.29) is 18.1 Å². The molecule has 0 saturated heterocycles. The molecule has 1 unspecified atom stereocenters. The highest BCUT2D eigenvalue weighted by molar-refractivity contribution is 5.84. The summed E-state index contributed by atoms with van der Waals surface area (Å²) in [5, 5.41) is 20.4. The number of benzene rings is 1. The van der Waals surface area contributed by atoms with E-state index >= 15 is 0 Å². The number of carbonyl (C=O) groups is 2. The minimum atomic E-state index is -1.04. The van der Waals surface area contributed by atoms with Gasteiger partial charge in [0.25, 0.3) is 0 Å². The molecule has 0 aliphatic heterocycles. The van der Waals surface area contributed by atoms with Crippen molar-refractivity contribution < 1.29 is 19.8 Å². The summed E-state index contributed by atoms with van der Waals surface area (Å²) in [6.07, 6.45) is 0.388. The third-order valence-electron chi connectivity index (χ3n) is 2.32. The summed E-state index contributed by atoms with van der Waals surface area (Å²) < 4.78 is 0. The van der Waals surface area contributed by atoms with Gasteiger partial charge in [0.1, 0.15) is 11.8 Å². The van der Waals surface area contributed by atoms with Gasteiger partial charge in [0.05, 0.1) is 6.42 Å². The lowest BCUT2D eigenvalue weighted by molar-refractivity contribution is -0.141. The van der Waals surface area contributed by atoms with E-state index < -0.39 is 12.0 Å². The fourth-order valence-corrected chi connectivity index (χ4v) is 1.44. The first-order chi connectivity index (χ1) is 8.02. The van der Waals surface area contributed by atoms with Gasteiger partial charge in [0, 0.05) is 0 Å². The zero-order valence-corrected chi connectivity index (χ0v) is 9.51. The maximum atomic E-state index is 11.5. The maximum absolute atomic E-state index is 11.5. The Morgan fingerprint density at radius 2 is 2.12 bits per heavy atom. The number of carboxylic acids is 1. The number of hydrogen-bond donors (Lipinski definition) is 3. The van der Waals surface area contributed by atoms with Crippen LogP contribution < -0.4 is 5.32 Å². The van der Waals surface area contributed by atoms with Crippen molar-refractivity contribution in [2.45, 2.75) is 25.8 Å². The number of carbonyl (C=O) groups excluding carboxylic acids is 1. The van der Waals surface area contributed by atoms with Gasteiger partial charge in [-0.3, -0.25) is 4.79 Å². The van der Waals surface area contributed by atoms with E-state index in [1.807, 2.05) is 0 Å².